The van der Waals surface area contributed by atoms with Gasteiger partial charge in [-0.1, -0.05) is 0 Å². The van der Waals surface area contributed by atoms with Gasteiger partial charge in [-0.25, -0.2) is 4.39 Å². The Hall–Kier alpha value is -1.47. The number of hydrogen-bond acceptors (Lipinski definition) is 4. The minimum Gasteiger partial charge on any atom is -0.338 e. The molecule has 1 aliphatic heterocycles. The van der Waals surface area contributed by atoms with E-state index in [1.54, 1.807) is 6.07 Å². The fraction of sp³-hybridized carbons (Fsp3) is 0.385. The van der Waals surface area contributed by atoms with Crippen LogP contribution in [0, 0.1) is 5.82 Å². The molecule has 1 fully saturated rings. The van der Waals surface area contributed by atoms with Crippen molar-refractivity contribution >= 4 is 21.9 Å². The van der Waals surface area contributed by atoms with Gasteiger partial charge in [-0.15, -0.1) is 5.10 Å². The number of aromatic nitrogens is 3. The monoisotopic (exact) mass is 339 g/mol. The van der Waals surface area contributed by atoms with Crippen molar-refractivity contribution in [1.82, 2.24) is 20.5 Å². The first-order valence-electron chi connectivity index (χ1n) is 6.57. The highest BCUT2D eigenvalue weighted by molar-refractivity contribution is 9.10. The van der Waals surface area contributed by atoms with Crippen molar-refractivity contribution < 1.29 is 4.39 Å². The lowest BCUT2D eigenvalue weighted by Crippen LogP contribution is -2.28. The third kappa shape index (κ3) is 2.83. The summed E-state index contributed by atoms with van der Waals surface area (Å²) in [5.41, 5.74) is 0.804. The number of H-pyrrole nitrogens is 1. The molecule has 2 N–H and O–H groups in total. The lowest BCUT2D eigenvalue weighted by Gasteiger charge is -2.16. The molecule has 0 spiro atoms. The lowest BCUT2D eigenvalue weighted by atomic mass is 10.2. The summed E-state index contributed by atoms with van der Waals surface area (Å²) in [6, 6.07) is 4.53. The molecule has 0 unspecified atom stereocenters. The molecule has 3 rings (SSSR count). The number of aromatic amines is 1. The van der Waals surface area contributed by atoms with E-state index in [2.05, 4.69) is 41.3 Å². The van der Waals surface area contributed by atoms with Gasteiger partial charge in [-0.2, -0.15) is 4.98 Å². The molecule has 0 radical (unpaired) electrons. The van der Waals surface area contributed by atoms with E-state index in [9.17, 15) is 4.39 Å². The van der Waals surface area contributed by atoms with E-state index in [-0.39, 0.29) is 5.82 Å². The van der Waals surface area contributed by atoms with E-state index in [0.29, 0.717) is 16.2 Å². The summed E-state index contributed by atoms with van der Waals surface area (Å²) in [5.74, 6) is 1.06. The molecule has 0 bridgehead atoms. The molecule has 106 valence electrons. The third-order valence-electron chi connectivity index (χ3n) is 3.28. The molecule has 0 saturated carbocycles. The number of rotatable bonds is 2. The standard InChI is InChI=1S/C13H15BrFN5/c14-11-8-9(15)2-3-10(11)12-17-13(19-18-12)20-6-1-4-16-5-7-20/h2-3,8,16H,1,4-7H2,(H,17,18,19). The molecule has 5 nitrogen and oxygen atoms in total. The Kier molecular flexibility index (Phi) is 3.98. The summed E-state index contributed by atoms with van der Waals surface area (Å²) < 4.78 is 13.8. The summed E-state index contributed by atoms with van der Waals surface area (Å²) in [6.45, 7) is 3.79. The summed E-state index contributed by atoms with van der Waals surface area (Å²) in [5, 5.41) is 10.5. The van der Waals surface area contributed by atoms with Gasteiger partial charge in [0.2, 0.25) is 5.95 Å². The number of halogens is 2. The van der Waals surface area contributed by atoms with Crippen LogP contribution in [0.5, 0.6) is 0 Å². The number of nitrogens with zero attached hydrogens (tertiary/aromatic N) is 3. The number of benzene rings is 1. The molecular weight excluding hydrogens is 325 g/mol. The van der Waals surface area contributed by atoms with Crippen molar-refractivity contribution in [1.29, 1.82) is 0 Å². The van der Waals surface area contributed by atoms with Crippen LogP contribution in [0.15, 0.2) is 22.7 Å². The number of anilines is 1. The fourth-order valence-corrected chi connectivity index (χ4v) is 2.78. The molecule has 7 heteroatoms. The van der Waals surface area contributed by atoms with Crippen LogP contribution in [0.25, 0.3) is 11.4 Å². The molecule has 20 heavy (non-hydrogen) atoms. The van der Waals surface area contributed by atoms with Crippen molar-refractivity contribution in [2.24, 2.45) is 0 Å². The van der Waals surface area contributed by atoms with Gasteiger partial charge in [0, 0.05) is 29.7 Å². The second-order valence-corrected chi connectivity index (χ2v) is 5.55. The number of nitrogens with one attached hydrogen (secondary N) is 2. The van der Waals surface area contributed by atoms with Crippen LogP contribution < -0.4 is 10.2 Å². The van der Waals surface area contributed by atoms with Gasteiger partial charge in [-0.05, 0) is 47.1 Å². The van der Waals surface area contributed by atoms with Gasteiger partial charge in [0.15, 0.2) is 5.82 Å². The van der Waals surface area contributed by atoms with Crippen molar-refractivity contribution in [3.8, 4) is 11.4 Å². The largest absolute Gasteiger partial charge is 0.338 e. The van der Waals surface area contributed by atoms with Crippen LogP contribution in [-0.4, -0.2) is 41.4 Å². The van der Waals surface area contributed by atoms with E-state index in [1.165, 1.54) is 12.1 Å². The van der Waals surface area contributed by atoms with Crippen LogP contribution in [0.1, 0.15) is 6.42 Å². The maximum atomic E-state index is 13.1. The first-order chi connectivity index (χ1) is 9.74. The second kappa shape index (κ2) is 5.88. The molecule has 1 saturated heterocycles. The Morgan fingerprint density at radius 2 is 2.15 bits per heavy atom. The average Bonchev–Trinajstić information content (AvgIpc) is 2.74. The van der Waals surface area contributed by atoms with Crippen LogP contribution >= 0.6 is 15.9 Å². The van der Waals surface area contributed by atoms with Crippen LogP contribution in [0.2, 0.25) is 0 Å². The molecule has 2 heterocycles. The van der Waals surface area contributed by atoms with Crippen LogP contribution in [-0.2, 0) is 0 Å². The third-order valence-corrected chi connectivity index (χ3v) is 3.94. The highest BCUT2D eigenvalue weighted by Crippen LogP contribution is 2.27. The normalized spacial score (nSPS) is 16.2. The molecule has 1 aliphatic rings. The fourth-order valence-electron chi connectivity index (χ4n) is 2.24. The molecule has 1 aromatic carbocycles. The average molecular weight is 340 g/mol. The Morgan fingerprint density at radius 3 is 3.00 bits per heavy atom. The van der Waals surface area contributed by atoms with E-state index < -0.39 is 0 Å². The summed E-state index contributed by atoms with van der Waals surface area (Å²) in [4.78, 5) is 6.67. The van der Waals surface area contributed by atoms with Gasteiger partial charge in [0.05, 0.1) is 0 Å². The molecule has 0 atom stereocenters. The Bertz CT molecular complexity index is 592. The maximum absolute atomic E-state index is 13.1. The predicted molar refractivity (Wildman–Crippen MR) is 79.2 cm³/mol. The van der Waals surface area contributed by atoms with Crippen molar-refractivity contribution in [2.75, 3.05) is 31.1 Å². The molecule has 0 amide bonds. The van der Waals surface area contributed by atoms with Gasteiger partial charge in [0.1, 0.15) is 5.82 Å². The van der Waals surface area contributed by atoms with Crippen molar-refractivity contribution in [3.63, 3.8) is 0 Å². The zero-order chi connectivity index (χ0) is 13.9. The Balaban J connectivity index is 1.85. The van der Waals surface area contributed by atoms with Gasteiger partial charge in [0.25, 0.3) is 0 Å². The first kappa shape index (κ1) is 13.5. The molecular formula is C13H15BrFN5. The van der Waals surface area contributed by atoms with Crippen molar-refractivity contribution in [3.05, 3.63) is 28.5 Å². The van der Waals surface area contributed by atoms with Crippen molar-refractivity contribution in [2.45, 2.75) is 6.42 Å². The molecule has 0 aliphatic carbocycles. The highest BCUT2D eigenvalue weighted by Gasteiger charge is 2.16. The maximum Gasteiger partial charge on any atom is 0.245 e. The van der Waals surface area contributed by atoms with E-state index in [1.807, 2.05) is 0 Å². The summed E-state index contributed by atoms with van der Waals surface area (Å²) in [7, 11) is 0. The minimum atomic E-state index is -0.279. The zero-order valence-corrected chi connectivity index (χ0v) is 12.5. The van der Waals surface area contributed by atoms with Gasteiger partial charge in [-0.3, -0.25) is 5.10 Å². The van der Waals surface area contributed by atoms with Gasteiger partial charge < -0.3 is 10.2 Å². The topological polar surface area (TPSA) is 56.8 Å². The summed E-state index contributed by atoms with van der Waals surface area (Å²) >= 11 is 3.35. The lowest BCUT2D eigenvalue weighted by molar-refractivity contribution is 0.627. The molecule has 2 aromatic rings. The van der Waals surface area contributed by atoms with Crippen LogP contribution in [0.3, 0.4) is 0 Å². The quantitative estimate of drug-likeness (QED) is 0.880. The highest BCUT2D eigenvalue weighted by atomic mass is 79.9. The van der Waals surface area contributed by atoms with Crippen LogP contribution in [0.4, 0.5) is 10.3 Å². The van der Waals surface area contributed by atoms with E-state index in [0.717, 1.165) is 38.2 Å². The van der Waals surface area contributed by atoms with E-state index >= 15 is 0 Å². The Morgan fingerprint density at radius 1 is 1.25 bits per heavy atom. The SMILES string of the molecule is Fc1ccc(-c2nc(N3CCCNCC3)n[nH]2)c(Br)c1. The zero-order valence-electron chi connectivity index (χ0n) is 10.9. The first-order valence-corrected chi connectivity index (χ1v) is 7.37. The number of hydrogen-bond donors (Lipinski definition) is 2. The minimum absolute atomic E-state index is 0.279. The predicted octanol–water partition coefficient (Wildman–Crippen LogP) is 2.17. The second-order valence-electron chi connectivity index (χ2n) is 4.70. The smallest absolute Gasteiger partial charge is 0.245 e. The summed E-state index contributed by atoms with van der Waals surface area (Å²) in [6.07, 6.45) is 1.07. The molecule has 1 aromatic heterocycles. The van der Waals surface area contributed by atoms with E-state index in [4.69, 9.17) is 0 Å². The Labute approximate surface area is 124 Å². The van der Waals surface area contributed by atoms with Gasteiger partial charge >= 0.3 is 0 Å².